The third-order valence-corrected chi connectivity index (χ3v) is 6.18. The fraction of sp³-hybridized carbons (Fsp3) is 0.286. The Labute approximate surface area is 205 Å². The van der Waals surface area contributed by atoms with Crippen molar-refractivity contribution in [2.45, 2.75) is 33.4 Å². The number of hydrogen-bond acceptors (Lipinski definition) is 5. The number of benzene rings is 3. The van der Waals surface area contributed by atoms with Gasteiger partial charge in [-0.1, -0.05) is 35.9 Å². The van der Waals surface area contributed by atoms with Crippen LogP contribution >= 0.6 is 0 Å². The molecule has 0 aliphatic carbocycles. The van der Waals surface area contributed by atoms with Crippen LogP contribution in [-0.2, 0) is 6.54 Å². The summed E-state index contributed by atoms with van der Waals surface area (Å²) >= 11 is 0. The zero-order valence-electron chi connectivity index (χ0n) is 21.0. The molecule has 35 heavy (non-hydrogen) atoms. The van der Waals surface area contributed by atoms with Gasteiger partial charge in [0.1, 0.15) is 5.82 Å². The van der Waals surface area contributed by atoms with Crippen molar-refractivity contribution in [3.8, 4) is 17.2 Å². The maximum Gasteiger partial charge on any atom is 0.252 e. The molecule has 0 fully saturated rings. The number of carbonyl (C=O) groups excluding carboxylic acids is 1. The van der Waals surface area contributed by atoms with E-state index in [1.165, 1.54) is 38.0 Å². The van der Waals surface area contributed by atoms with Crippen molar-refractivity contribution >= 4 is 16.9 Å². The van der Waals surface area contributed by atoms with E-state index >= 15 is 0 Å². The second-order valence-corrected chi connectivity index (χ2v) is 8.58. The Kier molecular flexibility index (Phi) is 6.96. The largest absolute Gasteiger partial charge is 0.493 e. The van der Waals surface area contributed by atoms with Crippen LogP contribution in [0.4, 0.5) is 0 Å². The first-order valence-electron chi connectivity index (χ1n) is 11.5. The van der Waals surface area contributed by atoms with Gasteiger partial charge in [0.2, 0.25) is 5.75 Å². The normalized spacial score (nSPS) is 11.8. The lowest BCUT2D eigenvalue weighted by atomic mass is 10.1. The van der Waals surface area contributed by atoms with Crippen molar-refractivity contribution in [3.05, 3.63) is 82.7 Å². The van der Waals surface area contributed by atoms with Crippen LogP contribution in [0, 0.1) is 13.8 Å². The van der Waals surface area contributed by atoms with Gasteiger partial charge < -0.3 is 24.1 Å². The smallest absolute Gasteiger partial charge is 0.252 e. The molecule has 4 rings (SSSR count). The van der Waals surface area contributed by atoms with Crippen LogP contribution in [0.2, 0.25) is 0 Å². The van der Waals surface area contributed by atoms with Gasteiger partial charge in [0.05, 0.1) is 38.4 Å². The van der Waals surface area contributed by atoms with Gasteiger partial charge in [0, 0.05) is 12.1 Å². The predicted octanol–water partition coefficient (Wildman–Crippen LogP) is 5.22. The summed E-state index contributed by atoms with van der Waals surface area (Å²) < 4.78 is 18.4. The summed E-state index contributed by atoms with van der Waals surface area (Å²) in [5.41, 5.74) is 5.97. The minimum Gasteiger partial charge on any atom is -0.493 e. The molecule has 0 spiro atoms. The molecular weight excluding hydrogens is 442 g/mol. The standard InChI is InChI=1S/C28H31N3O4/c1-17-11-12-18(2)21(13-17)16-31-23-10-8-7-9-22(23)30-27(31)19(3)29-28(32)20-14-24(33-4)26(35-6)25(15-20)34-5/h7-15,19H,16H2,1-6H3,(H,29,32). The first kappa shape index (κ1) is 24.1. The molecule has 182 valence electrons. The Morgan fingerprint density at radius 3 is 2.31 bits per heavy atom. The summed E-state index contributed by atoms with van der Waals surface area (Å²) in [6.07, 6.45) is 0. The number of nitrogens with one attached hydrogen (secondary N) is 1. The molecular formula is C28H31N3O4. The molecule has 7 heteroatoms. The number of carbonyl (C=O) groups is 1. The Hall–Kier alpha value is -4.00. The van der Waals surface area contributed by atoms with Gasteiger partial charge in [-0.05, 0) is 56.2 Å². The van der Waals surface area contributed by atoms with Crippen LogP contribution in [0.1, 0.15) is 45.8 Å². The van der Waals surface area contributed by atoms with Gasteiger partial charge in [-0.15, -0.1) is 0 Å². The van der Waals surface area contributed by atoms with Crippen molar-refractivity contribution in [1.82, 2.24) is 14.9 Å². The second-order valence-electron chi connectivity index (χ2n) is 8.58. The summed E-state index contributed by atoms with van der Waals surface area (Å²) in [6.45, 7) is 6.81. The molecule has 1 N–H and O–H groups in total. The third kappa shape index (κ3) is 4.80. The van der Waals surface area contributed by atoms with Crippen molar-refractivity contribution in [2.24, 2.45) is 0 Å². The molecule has 0 radical (unpaired) electrons. The van der Waals surface area contributed by atoms with E-state index in [0.717, 1.165) is 16.9 Å². The Bertz CT molecular complexity index is 1350. The average molecular weight is 474 g/mol. The third-order valence-electron chi connectivity index (χ3n) is 6.18. The molecule has 7 nitrogen and oxygen atoms in total. The van der Waals surface area contributed by atoms with Gasteiger partial charge in [-0.2, -0.15) is 0 Å². The topological polar surface area (TPSA) is 74.6 Å². The highest BCUT2D eigenvalue weighted by molar-refractivity contribution is 5.96. The van der Waals surface area contributed by atoms with Gasteiger partial charge in [-0.3, -0.25) is 4.79 Å². The van der Waals surface area contributed by atoms with Crippen LogP contribution < -0.4 is 19.5 Å². The molecule has 1 unspecified atom stereocenters. The number of hydrogen-bond donors (Lipinski definition) is 1. The Morgan fingerprint density at radius 2 is 1.66 bits per heavy atom. The number of nitrogens with zero attached hydrogens (tertiary/aromatic N) is 2. The van der Waals surface area contributed by atoms with E-state index in [-0.39, 0.29) is 11.9 Å². The number of fused-ring (bicyclic) bond motifs is 1. The van der Waals surface area contributed by atoms with Crippen LogP contribution in [0.5, 0.6) is 17.2 Å². The minimum absolute atomic E-state index is 0.262. The number of ether oxygens (including phenoxy) is 3. The minimum atomic E-state index is -0.348. The summed E-state index contributed by atoms with van der Waals surface area (Å²) in [7, 11) is 4.58. The molecule has 1 atom stereocenters. The van der Waals surface area contributed by atoms with Crippen LogP contribution in [0.3, 0.4) is 0 Å². The number of para-hydroxylation sites is 2. The summed E-state index contributed by atoms with van der Waals surface area (Å²) in [6, 6.07) is 17.4. The fourth-order valence-electron chi connectivity index (χ4n) is 4.29. The van der Waals surface area contributed by atoms with Crippen molar-refractivity contribution in [2.75, 3.05) is 21.3 Å². The summed E-state index contributed by atoms with van der Waals surface area (Å²) in [4.78, 5) is 18.1. The van der Waals surface area contributed by atoms with Crippen molar-refractivity contribution in [3.63, 3.8) is 0 Å². The average Bonchev–Trinajstić information content (AvgIpc) is 3.23. The second kappa shape index (κ2) is 10.1. The van der Waals surface area contributed by atoms with E-state index in [2.05, 4.69) is 48.0 Å². The number of aromatic nitrogens is 2. The lowest BCUT2D eigenvalue weighted by Gasteiger charge is -2.19. The van der Waals surface area contributed by atoms with E-state index in [1.807, 2.05) is 25.1 Å². The van der Waals surface area contributed by atoms with E-state index in [0.29, 0.717) is 29.4 Å². The van der Waals surface area contributed by atoms with Crippen molar-refractivity contribution in [1.29, 1.82) is 0 Å². The number of methoxy groups -OCH3 is 3. The molecule has 0 saturated carbocycles. The van der Waals surface area contributed by atoms with E-state index in [4.69, 9.17) is 19.2 Å². The van der Waals surface area contributed by atoms with E-state index in [9.17, 15) is 4.79 Å². The number of imidazole rings is 1. The maximum absolute atomic E-state index is 13.2. The van der Waals surface area contributed by atoms with Crippen molar-refractivity contribution < 1.29 is 19.0 Å². The summed E-state index contributed by atoms with van der Waals surface area (Å²) in [5, 5.41) is 3.09. The van der Waals surface area contributed by atoms with E-state index < -0.39 is 0 Å². The van der Waals surface area contributed by atoms with E-state index in [1.54, 1.807) is 12.1 Å². The molecule has 1 aromatic heterocycles. The number of amides is 1. The number of rotatable bonds is 8. The van der Waals surface area contributed by atoms with Gasteiger partial charge in [-0.25, -0.2) is 4.98 Å². The molecule has 1 amide bonds. The molecule has 3 aromatic carbocycles. The van der Waals surface area contributed by atoms with Gasteiger partial charge in [0.25, 0.3) is 5.91 Å². The first-order valence-corrected chi connectivity index (χ1v) is 11.5. The van der Waals surface area contributed by atoms with Crippen LogP contribution in [-0.4, -0.2) is 36.8 Å². The van der Waals surface area contributed by atoms with Gasteiger partial charge in [0.15, 0.2) is 11.5 Å². The first-order chi connectivity index (χ1) is 16.9. The zero-order chi connectivity index (χ0) is 25.1. The molecule has 4 aromatic rings. The predicted molar refractivity (Wildman–Crippen MR) is 137 cm³/mol. The lowest BCUT2D eigenvalue weighted by molar-refractivity contribution is 0.0937. The SMILES string of the molecule is COc1cc(C(=O)NC(C)c2nc3ccccc3n2Cc2cc(C)ccc2C)cc(OC)c1OC. The molecule has 0 aliphatic heterocycles. The zero-order valence-corrected chi connectivity index (χ0v) is 21.0. The quantitative estimate of drug-likeness (QED) is 0.380. The maximum atomic E-state index is 13.2. The molecule has 0 aliphatic rings. The summed E-state index contributed by atoms with van der Waals surface area (Å²) in [5.74, 6) is 1.81. The molecule has 1 heterocycles. The van der Waals surface area contributed by atoms with Crippen LogP contribution in [0.15, 0.2) is 54.6 Å². The Morgan fingerprint density at radius 1 is 0.971 bits per heavy atom. The highest BCUT2D eigenvalue weighted by atomic mass is 16.5. The monoisotopic (exact) mass is 473 g/mol. The van der Waals surface area contributed by atoms with Crippen LogP contribution in [0.25, 0.3) is 11.0 Å². The Balaban J connectivity index is 1.69. The van der Waals surface area contributed by atoms with Gasteiger partial charge >= 0.3 is 0 Å². The molecule has 0 bridgehead atoms. The lowest BCUT2D eigenvalue weighted by Crippen LogP contribution is -2.29. The number of aryl methyl sites for hydroxylation is 2. The molecule has 0 saturated heterocycles. The highest BCUT2D eigenvalue weighted by Gasteiger charge is 2.22. The highest BCUT2D eigenvalue weighted by Crippen LogP contribution is 2.38. The fourth-order valence-corrected chi connectivity index (χ4v) is 4.29.